The van der Waals surface area contributed by atoms with Crippen LogP contribution in [-0.2, 0) is 28.6 Å². The second kappa shape index (κ2) is 61.1. The van der Waals surface area contributed by atoms with Gasteiger partial charge < -0.3 is 14.2 Å². The van der Waals surface area contributed by atoms with Crippen molar-refractivity contribution in [3.8, 4) is 0 Å². The van der Waals surface area contributed by atoms with Gasteiger partial charge in [-0.3, -0.25) is 14.4 Å². The minimum atomic E-state index is -0.810. The van der Waals surface area contributed by atoms with Gasteiger partial charge in [0.05, 0.1) is 0 Å². The van der Waals surface area contributed by atoms with E-state index in [1.165, 1.54) is 161 Å². The van der Waals surface area contributed by atoms with Crippen LogP contribution in [0.25, 0.3) is 0 Å². The highest BCUT2D eigenvalue weighted by Crippen LogP contribution is 2.16. The molecule has 0 aliphatic carbocycles. The van der Waals surface area contributed by atoms with Crippen LogP contribution < -0.4 is 0 Å². The zero-order chi connectivity index (χ0) is 52.9. The molecule has 1 atom stereocenters. The Morgan fingerprint density at radius 3 is 0.890 bits per heavy atom. The van der Waals surface area contributed by atoms with Crippen LogP contribution in [-0.4, -0.2) is 37.2 Å². The van der Waals surface area contributed by atoms with Gasteiger partial charge in [0.1, 0.15) is 13.2 Å². The summed E-state index contributed by atoms with van der Waals surface area (Å²) in [5, 5.41) is 0. The summed E-state index contributed by atoms with van der Waals surface area (Å²) in [6.07, 6.45) is 80.2. The Morgan fingerprint density at radius 2 is 0.548 bits per heavy atom. The first-order valence-corrected chi connectivity index (χ1v) is 31.1. The Bertz CT molecular complexity index is 1400. The molecular formula is C67H116O6. The van der Waals surface area contributed by atoms with E-state index in [1.807, 2.05) is 0 Å². The second-order valence-electron chi connectivity index (χ2n) is 20.6. The fraction of sp³-hybridized carbons (Fsp3) is 0.746. The maximum absolute atomic E-state index is 12.9. The molecule has 6 nitrogen and oxygen atoms in total. The first-order valence-electron chi connectivity index (χ1n) is 31.1. The highest BCUT2D eigenvalue weighted by molar-refractivity contribution is 5.71. The van der Waals surface area contributed by atoms with Crippen molar-refractivity contribution in [1.29, 1.82) is 0 Å². The molecule has 0 radical (unpaired) electrons. The SMILES string of the molecule is CC/C=C\C/C=C\C/C=C\C/C=C\CCCCCCC(=O)O[C@H](COC(=O)CCC/C=C\C/C=C\C/C=C\CCCCCCCC)COC(=O)CCCCCCCCCCCCCCCCCCCCCCC. The van der Waals surface area contributed by atoms with E-state index in [-0.39, 0.29) is 37.5 Å². The number of rotatable bonds is 56. The molecule has 0 spiro atoms. The number of hydrogen-bond donors (Lipinski definition) is 0. The van der Waals surface area contributed by atoms with Crippen molar-refractivity contribution in [2.24, 2.45) is 0 Å². The van der Waals surface area contributed by atoms with E-state index in [2.05, 4.69) is 106 Å². The summed E-state index contributed by atoms with van der Waals surface area (Å²) >= 11 is 0. The molecule has 6 heteroatoms. The van der Waals surface area contributed by atoms with Gasteiger partial charge in [-0.15, -0.1) is 0 Å². The molecule has 0 fully saturated rings. The topological polar surface area (TPSA) is 78.9 Å². The molecule has 0 saturated carbocycles. The number of carbonyl (C=O) groups excluding carboxylic acids is 3. The molecule has 73 heavy (non-hydrogen) atoms. The third-order valence-corrected chi connectivity index (χ3v) is 13.4. The first kappa shape index (κ1) is 69.6. The Hall–Kier alpha value is -3.41. The lowest BCUT2D eigenvalue weighted by Gasteiger charge is -2.18. The zero-order valence-corrected chi connectivity index (χ0v) is 48.1. The predicted molar refractivity (Wildman–Crippen MR) is 316 cm³/mol. The third kappa shape index (κ3) is 59.3. The minimum Gasteiger partial charge on any atom is -0.462 e. The van der Waals surface area contributed by atoms with Crippen molar-refractivity contribution >= 4 is 17.9 Å². The quantitative estimate of drug-likeness (QED) is 0.0261. The molecule has 0 rings (SSSR count). The molecule has 0 unspecified atom stereocenters. The van der Waals surface area contributed by atoms with Gasteiger partial charge in [-0.2, -0.15) is 0 Å². The third-order valence-electron chi connectivity index (χ3n) is 13.4. The number of unbranched alkanes of at least 4 members (excludes halogenated alkanes) is 31. The smallest absolute Gasteiger partial charge is 0.306 e. The normalized spacial score (nSPS) is 12.6. The van der Waals surface area contributed by atoms with E-state index in [4.69, 9.17) is 14.2 Å². The number of allylic oxidation sites excluding steroid dienone is 14. The lowest BCUT2D eigenvalue weighted by molar-refractivity contribution is -0.167. The van der Waals surface area contributed by atoms with Gasteiger partial charge in [-0.1, -0.05) is 279 Å². The molecule has 0 bridgehead atoms. The van der Waals surface area contributed by atoms with Crippen molar-refractivity contribution in [1.82, 2.24) is 0 Å². The standard InChI is InChI=1S/C67H116O6/c1-4-7-10-13-16-19-22-25-28-31-32-33-34-37-39-42-45-48-51-54-57-60-66(69)72-63-64(73-67(70)61-58-55-52-49-46-43-40-36-30-27-24-21-18-15-12-9-6-3)62-71-65(68)59-56-53-50-47-44-41-38-35-29-26-23-20-17-14-11-8-5-2/h9,12,18,21,26-27,29-30,38,40-41,43,47,50,64H,4-8,10-11,13-17,19-20,22-25,28,31-37,39,42,44-46,48-49,51-63H2,1-3H3/b12-9-,21-18-,29-26-,30-27-,41-38-,43-40-,50-47-/t64-/m1/s1. The fourth-order valence-corrected chi connectivity index (χ4v) is 8.75. The van der Waals surface area contributed by atoms with E-state index in [0.717, 1.165) is 96.3 Å². The highest BCUT2D eigenvalue weighted by atomic mass is 16.6. The summed E-state index contributed by atoms with van der Waals surface area (Å²) in [5.41, 5.74) is 0. The van der Waals surface area contributed by atoms with E-state index in [0.29, 0.717) is 19.3 Å². The van der Waals surface area contributed by atoms with Crippen LogP contribution in [0, 0.1) is 0 Å². The Morgan fingerprint density at radius 1 is 0.288 bits per heavy atom. The molecule has 0 aromatic carbocycles. The van der Waals surface area contributed by atoms with Gasteiger partial charge in [0.25, 0.3) is 0 Å². The van der Waals surface area contributed by atoms with Crippen molar-refractivity contribution in [2.45, 2.75) is 309 Å². The van der Waals surface area contributed by atoms with Crippen molar-refractivity contribution in [3.05, 3.63) is 85.1 Å². The summed E-state index contributed by atoms with van der Waals surface area (Å²) < 4.78 is 16.9. The zero-order valence-electron chi connectivity index (χ0n) is 48.1. The second-order valence-corrected chi connectivity index (χ2v) is 20.6. The number of hydrogen-bond acceptors (Lipinski definition) is 6. The van der Waals surface area contributed by atoms with Gasteiger partial charge in [-0.25, -0.2) is 0 Å². The predicted octanol–water partition coefficient (Wildman–Crippen LogP) is 21.1. The molecule has 420 valence electrons. The summed E-state index contributed by atoms with van der Waals surface area (Å²) in [7, 11) is 0. The van der Waals surface area contributed by atoms with Crippen molar-refractivity contribution < 1.29 is 28.6 Å². The molecule has 0 saturated heterocycles. The maximum atomic E-state index is 12.9. The molecule has 0 aliphatic heterocycles. The lowest BCUT2D eigenvalue weighted by atomic mass is 10.0. The van der Waals surface area contributed by atoms with Gasteiger partial charge >= 0.3 is 17.9 Å². The maximum Gasteiger partial charge on any atom is 0.306 e. The Labute approximate surface area is 452 Å². The van der Waals surface area contributed by atoms with Crippen LogP contribution >= 0.6 is 0 Å². The minimum absolute atomic E-state index is 0.100. The van der Waals surface area contributed by atoms with Crippen molar-refractivity contribution in [2.75, 3.05) is 13.2 Å². The number of esters is 3. The van der Waals surface area contributed by atoms with Gasteiger partial charge in [0, 0.05) is 19.3 Å². The molecule has 0 heterocycles. The average molecular weight is 1020 g/mol. The molecule has 0 aromatic heterocycles. The largest absolute Gasteiger partial charge is 0.462 e. The average Bonchev–Trinajstić information content (AvgIpc) is 3.39. The van der Waals surface area contributed by atoms with Gasteiger partial charge in [0.15, 0.2) is 6.10 Å². The monoisotopic (exact) mass is 1020 g/mol. The fourth-order valence-electron chi connectivity index (χ4n) is 8.75. The van der Waals surface area contributed by atoms with Crippen LogP contribution in [0.1, 0.15) is 303 Å². The molecule has 0 aromatic rings. The van der Waals surface area contributed by atoms with E-state index in [1.54, 1.807) is 0 Å². The number of carbonyl (C=O) groups is 3. The lowest BCUT2D eigenvalue weighted by Crippen LogP contribution is -2.30. The number of ether oxygens (including phenoxy) is 3. The molecular weight excluding hydrogens is 901 g/mol. The summed E-state index contributed by atoms with van der Waals surface area (Å²) in [4.78, 5) is 38.2. The van der Waals surface area contributed by atoms with Crippen LogP contribution in [0.15, 0.2) is 85.1 Å². The van der Waals surface area contributed by atoms with E-state index >= 15 is 0 Å². The summed E-state index contributed by atoms with van der Waals surface area (Å²) in [6.45, 7) is 6.49. The summed E-state index contributed by atoms with van der Waals surface area (Å²) in [5.74, 6) is -0.968. The van der Waals surface area contributed by atoms with Crippen LogP contribution in [0.5, 0.6) is 0 Å². The van der Waals surface area contributed by atoms with E-state index in [9.17, 15) is 14.4 Å². The first-order chi connectivity index (χ1) is 36.0. The van der Waals surface area contributed by atoms with Crippen LogP contribution in [0.4, 0.5) is 0 Å². The molecule has 0 amide bonds. The van der Waals surface area contributed by atoms with Gasteiger partial charge in [0.2, 0.25) is 0 Å². The molecule has 0 N–H and O–H groups in total. The van der Waals surface area contributed by atoms with Crippen LogP contribution in [0.3, 0.4) is 0 Å². The van der Waals surface area contributed by atoms with E-state index < -0.39 is 6.10 Å². The van der Waals surface area contributed by atoms with Crippen LogP contribution in [0.2, 0.25) is 0 Å². The Kier molecular flexibility index (Phi) is 58.3. The van der Waals surface area contributed by atoms with Gasteiger partial charge in [-0.05, 0) is 89.9 Å². The Balaban J connectivity index is 4.44. The highest BCUT2D eigenvalue weighted by Gasteiger charge is 2.19. The summed E-state index contributed by atoms with van der Waals surface area (Å²) in [6, 6.07) is 0. The van der Waals surface area contributed by atoms with Crippen molar-refractivity contribution in [3.63, 3.8) is 0 Å². The molecule has 0 aliphatic rings.